The average molecular weight is 676 g/mol. The first-order chi connectivity index (χ1) is 26.3. The van der Waals surface area contributed by atoms with Crippen molar-refractivity contribution in [3.63, 3.8) is 0 Å². The molecule has 0 radical (unpaired) electrons. The lowest BCUT2D eigenvalue weighted by Crippen LogP contribution is -2.09. The molecule has 250 valence electrons. The molecule has 0 bridgehead atoms. The van der Waals surface area contributed by atoms with E-state index in [2.05, 4.69) is 229 Å². The first-order valence-electron chi connectivity index (χ1n) is 18.2. The van der Waals surface area contributed by atoms with Gasteiger partial charge < -0.3 is 4.90 Å². The lowest BCUT2D eigenvalue weighted by molar-refractivity contribution is 1.28. The Kier molecular flexibility index (Phi) is 8.66. The molecule has 0 saturated heterocycles. The summed E-state index contributed by atoms with van der Waals surface area (Å²) in [5.41, 5.74) is 15.5. The highest BCUT2D eigenvalue weighted by molar-refractivity contribution is 5.99. The van der Waals surface area contributed by atoms with Gasteiger partial charge in [0.25, 0.3) is 0 Å². The Morgan fingerprint density at radius 2 is 0.604 bits per heavy atom. The molecule has 9 aromatic carbocycles. The number of hydrogen-bond donors (Lipinski definition) is 0. The Balaban J connectivity index is 1.00. The lowest BCUT2D eigenvalue weighted by Gasteiger charge is -2.26. The van der Waals surface area contributed by atoms with E-state index in [1.54, 1.807) is 0 Å². The van der Waals surface area contributed by atoms with Gasteiger partial charge in [0.05, 0.1) is 0 Å². The fraction of sp³-hybridized carbons (Fsp3) is 0. The first kappa shape index (κ1) is 32.0. The van der Waals surface area contributed by atoms with Crippen molar-refractivity contribution in [2.45, 2.75) is 0 Å². The van der Waals surface area contributed by atoms with E-state index in [-0.39, 0.29) is 0 Å². The van der Waals surface area contributed by atoms with Crippen LogP contribution in [-0.4, -0.2) is 0 Å². The number of anilines is 3. The summed E-state index contributed by atoms with van der Waals surface area (Å²) >= 11 is 0. The molecule has 0 heterocycles. The smallest absolute Gasteiger partial charge is 0.0462 e. The molecule has 1 heteroatoms. The number of benzene rings is 9. The quantitative estimate of drug-likeness (QED) is 0.155. The van der Waals surface area contributed by atoms with Crippen LogP contribution in [0.3, 0.4) is 0 Å². The van der Waals surface area contributed by atoms with E-state index in [1.807, 2.05) is 0 Å². The second kappa shape index (κ2) is 14.3. The van der Waals surface area contributed by atoms with Gasteiger partial charge in [-0.05, 0) is 109 Å². The Hall–Kier alpha value is -6.96. The summed E-state index contributed by atoms with van der Waals surface area (Å²) in [6, 6.07) is 80.6. The monoisotopic (exact) mass is 675 g/mol. The standard InChI is InChI=1S/C52H37N/c1-4-13-38(14-5-1)44-31-36-52-45(37-44)17-12-22-51(52)43-29-34-48(35-30-43)53(46-18-8-3-9-19-46)47-32-27-40(28-33-47)39-23-25-42(26-24-39)50-21-11-10-20-49(50)41-15-6-2-7-16-41/h1-37H. The van der Waals surface area contributed by atoms with Gasteiger partial charge in [-0.3, -0.25) is 0 Å². The highest BCUT2D eigenvalue weighted by Gasteiger charge is 2.14. The molecule has 0 amide bonds. The van der Waals surface area contributed by atoms with E-state index in [9.17, 15) is 0 Å². The zero-order valence-corrected chi connectivity index (χ0v) is 29.3. The topological polar surface area (TPSA) is 3.24 Å². The first-order valence-corrected chi connectivity index (χ1v) is 18.2. The second-order valence-corrected chi connectivity index (χ2v) is 13.4. The van der Waals surface area contributed by atoms with Crippen molar-refractivity contribution >= 4 is 27.8 Å². The van der Waals surface area contributed by atoms with Crippen LogP contribution in [0.15, 0.2) is 224 Å². The Labute approximate surface area is 311 Å². The van der Waals surface area contributed by atoms with Crippen LogP contribution >= 0.6 is 0 Å². The molecule has 0 aliphatic carbocycles. The second-order valence-electron chi connectivity index (χ2n) is 13.4. The van der Waals surface area contributed by atoms with E-state index in [0.29, 0.717) is 0 Å². The predicted molar refractivity (Wildman–Crippen MR) is 226 cm³/mol. The fourth-order valence-electron chi connectivity index (χ4n) is 7.41. The molecule has 0 unspecified atom stereocenters. The van der Waals surface area contributed by atoms with Gasteiger partial charge in [-0.2, -0.15) is 0 Å². The lowest BCUT2D eigenvalue weighted by atomic mass is 9.93. The van der Waals surface area contributed by atoms with Crippen LogP contribution in [0, 0.1) is 0 Å². The van der Waals surface area contributed by atoms with E-state index in [0.717, 1.165) is 17.1 Å². The van der Waals surface area contributed by atoms with Crippen LogP contribution in [0.25, 0.3) is 66.4 Å². The van der Waals surface area contributed by atoms with Crippen LogP contribution in [0.1, 0.15) is 0 Å². The van der Waals surface area contributed by atoms with Gasteiger partial charge in [0.15, 0.2) is 0 Å². The summed E-state index contributed by atoms with van der Waals surface area (Å²) in [5.74, 6) is 0. The van der Waals surface area contributed by atoms with Crippen LogP contribution in [0.4, 0.5) is 17.1 Å². The molecule has 0 aliphatic heterocycles. The van der Waals surface area contributed by atoms with E-state index in [4.69, 9.17) is 0 Å². The summed E-state index contributed by atoms with van der Waals surface area (Å²) in [7, 11) is 0. The molecule has 1 nitrogen and oxygen atoms in total. The van der Waals surface area contributed by atoms with E-state index in [1.165, 1.54) is 66.4 Å². The number of hydrogen-bond acceptors (Lipinski definition) is 1. The molecular formula is C52H37N. The summed E-state index contributed by atoms with van der Waals surface area (Å²) in [5, 5.41) is 2.49. The highest BCUT2D eigenvalue weighted by atomic mass is 15.1. The normalized spacial score (nSPS) is 11.0. The molecule has 0 aromatic heterocycles. The highest BCUT2D eigenvalue weighted by Crippen LogP contribution is 2.39. The molecule has 0 aliphatic rings. The minimum absolute atomic E-state index is 1.11. The molecular weight excluding hydrogens is 639 g/mol. The minimum atomic E-state index is 1.11. The molecule has 0 N–H and O–H groups in total. The number of fused-ring (bicyclic) bond motifs is 1. The van der Waals surface area contributed by atoms with Gasteiger partial charge in [0.1, 0.15) is 0 Å². The zero-order valence-electron chi connectivity index (χ0n) is 29.3. The number of nitrogens with zero attached hydrogens (tertiary/aromatic N) is 1. The van der Waals surface area contributed by atoms with Crippen LogP contribution in [0.5, 0.6) is 0 Å². The van der Waals surface area contributed by atoms with Crippen molar-refractivity contribution in [2.75, 3.05) is 4.90 Å². The van der Waals surface area contributed by atoms with Crippen molar-refractivity contribution in [1.82, 2.24) is 0 Å². The maximum atomic E-state index is 2.33. The zero-order chi connectivity index (χ0) is 35.4. The third-order valence-corrected chi connectivity index (χ3v) is 10.1. The summed E-state index contributed by atoms with van der Waals surface area (Å²) in [6.07, 6.45) is 0. The maximum Gasteiger partial charge on any atom is 0.0462 e. The minimum Gasteiger partial charge on any atom is -0.311 e. The molecule has 53 heavy (non-hydrogen) atoms. The Bertz CT molecular complexity index is 2610. The summed E-state index contributed by atoms with van der Waals surface area (Å²) < 4.78 is 0. The van der Waals surface area contributed by atoms with E-state index < -0.39 is 0 Å². The third kappa shape index (κ3) is 6.53. The van der Waals surface area contributed by atoms with Crippen molar-refractivity contribution < 1.29 is 0 Å². The van der Waals surface area contributed by atoms with E-state index >= 15 is 0 Å². The molecule has 0 fully saturated rings. The van der Waals surface area contributed by atoms with Crippen molar-refractivity contribution in [3.8, 4) is 55.6 Å². The average Bonchev–Trinajstić information content (AvgIpc) is 3.25. The van der Waals surface area contributed by atoms with Gasteiger partial charge in [0, 0.05) is 17.1 Å². The van der Waals surface area contributed by atoms with Gasteiger partial charge in [-0.25, -0.2) is 0 Å². The van der Waals surface area contributed by atoms with Gasteiger partial charge in [-0.1, -0.05) is 182 Å². The van der Waals surface area contributed by atoms with Gasteiger partial charge >= 0.3 is 0 Å². The summed E-state index contributed by atoms with van der Waals surface area (Å²) in [6.45, 7) is 0. The van der Waals surface area contributed by atoms with Crippen LogP contribution < -0.4 is 4.90 Å². The van der Waals surface area contributed by atoms with Crippen molar-refractivity contribution in [2.24, 2.45) is 0 Å². The fourth-order valence-corrected chi connectivity index (χ4v) is 7.41. The maximum absolute atomic E-state index is 2.33. The summed E-state index contributed by atoms with van der Waals surface area (Å²) in [4.78, 5) is 2.33. The van der Waals surface area contributed by atoms with Crippen LogP contribution in [-0.2, 0) is 0 Å². The van der Waals surface area contributed by atoms with Gasteiger partial charge in [0.2, 0.25) is 0 Å². The van der Waals surface area contributed by atoms with Crippen molar-refractivity contribution in [3.05, 3.63) is 224 Å². The third-order valence-electron chi connectivity index (χ3n) is 10.1. The molecule has 0 saturated carbocycles. The van der Waals surface area contributed by atoms with Crippen LogP contribution in [0.2, 0.25) is 0 Å². The largest absolute Gasteiger partial charge is 0.311 e. The predicted octanol–water partition coefficient (Wildman–Crippen LogP) is 14.6. The molecule has 9 aromatic rings. The Morgan fingerprint density at radius 3 is 1.21 bits per heavy atom. The Morgan fingerprint density at radius 1 is 0.226 bits per heavy atom. The van der Waals surface area contributed by atoms with Gasteiger partial charge in [-0.15, -0.1) is 0 Å². The SMILES string of the molecule is c1ccc(-c2ccc3c(-c4ccc(N(c5ccccc5)c5ccc(-c6ccc(-c7ccccc7-c7ccccc7)cc6)cc5)cc4)cccc3c2)cc1. The molecule has 9 rings (SSSR count). The number of para-hydroxylation sites is 1. The number of rotatable bonds is 8. The van der Waals surface area contributed by atoms with Crippen molar-refractivity contribution in [1.29, 1.82) is 0 Å². The molecule has 0 atom stereocenters. The molecule has 0 spiro atoms.